The minimum atomic E-state index is -0.254. The van der Waals surface area contributed by atoms with Crippen molar-refractivity contribution < 1.29 is 9.26 Å². The van der Waals surface area contributed by atoms with E-state index in [0.717, 1.165) is 0 Å². The highest BCUT2D eigenvalue weighted by Crippen LogP contribution is 2.19. The molecule has 0 bridgehead atoms. The van der Waals surface area contributed by atoms with Gasteiger partial charge in [-0.15, -0.1) is 11.6 Å². The van der Waals surface area contributed by atoms with Gasteiger partial charge in [-0.2, -0.15) is 4.98 Å². The summed E-state index contributed by atoms with van der Waals surface area (Å²) in [5.74, 6) is 0.954. The van der Waals surface area contributed by atoms with Crippen LogP contribution in [0.15, 0.2) is 4.52 Å². The summed E-state index contributed by atoms with van der Waals surface area (Å²) in [4.78, 5) is 4.05. The highest BCUT2D eigenvalue weighted by atomic mass is 35.5. The summed E-state index contributed by atoms with van der Waals surface area (Å²) in [5, 5.41) is 3.46. The number of hydrogen-bond donors (Lipinski definition) is 0. The van der Waals surface area contributed by atoms with E-state index >= 15 is 0 Å². The molecule has 2 atom stereocenters. The summed E-state index contributed by atoms with van der Waals surface area (Å²) in [5.41, 5.74) is 0. The summed E-state index contributed by atoms with van der Waals surface area (Å²) >= 11 is 5.73. The molecule has 0 aliphatic carbocycles. The predicted molar refractivity (Wildman–Crippen MR) is 44.0 cm³/mol. The van der Waals surface area contributed by atoms with Crippen LogP contribution in [0, 0.1) is 0 Å². The molecule has 0 N–H and O–H groups in total. The van der Waals surface area contributed by atoms with E-state index in [0.29, 0.717) is 11.7 Å². The lowest BCUT2D eigenvalue weighted by Gasteiger charge is -2.00. The fourth-order valence-corrected chi connectivity index (χ4v) is 0.768. The van der Waals surface area contributed by atoms with Crippen LogP contribution in [0.4, 0.5) is 0 Å². The Morgan fingerprint density at radius 3 is 2.58 bits per heavy atom. The summed E-state index contributed by atoms with van der Waals surface area (Å²) < 4.78 is 9.88. The Labute approximate surface area is 75.9 Å². The topological polar surface area (TPSA) is 48.2 Å². The van der Waals surface area contributed by atoms with E-state index in [1.165, 1.54) is 0 Å². The molecular weight excluding hydrogens is 180 g/mol. The van der Waals surface area contributed by atoms with Gasteiger partial charge in [0.2, 0.25) is 5.89 Å². The number of alkyl halides is 1. The third-order valence-corrected chi connectivity index (χ3v) is 1.70. The van der Waals surface area contributed by atoms with Crippen molar-refractivity contribution in [2.24, 2.45) is 0 Å². The molecule has 0 radical (unpaired) electrons. The molecule has 5 heteroatoms. The molecule has 1 rings (SSSR count). The summed E-state index contributed by atoms with van der Waals surface area (Å²) in [6.45, 7) is 3.61. The average Bonchev–Trinajstić information content (AvgIpc) is 2.51. The highest BCUT2D eigenvalue weighted by Gasteiger charge is 2.15. The van der Waals surface area contributed by atoms with E-state index in [1.807, 2.05) is 6.92 Å². The lowest BCUT2D eigenvalue weighted by atomic mass is 10.4. The van der Waals surface area contributed by atoms with Crippen LogP contribution in [0.1, 0.15) is 37.0 Å². The number of hydrogen-bond acceptors (Lipinski definition) is 4. The monoisotopic (exact) mass is 190 g/mol. The Morgan fingerprint density at radius 2 is 2.17 bits per heavy atom. The number of nitrogens with zero attached hydrogens (tertiary/aromatic N) is 2. The van der Waals surface area contributed by atoms with Gasteiger partial charge in [0, 0.05) is 7.11 Å². The molecule has 0 saturated heterocycles. The van der Waals surface area contributed by atoms with Crippen molar-refractivity contribution in [2.75, 3.05) is 7.11 Å². The second-order valence-electron chi connectivity index (χ2n) is 2.48. The molecule has 0 aromatic carbocycles. The molecule has 12 heavy (non-hydrogen) atoms. The van der Waals surface area contributed by atoms with E-state index < -0.39 is 0 Å². The first-order valence-corrected chi connectivity index (χ1v) is 4.09. The third kappa shape index (κ3) is 1.95. The fourth-order valence-electron chi connectivity index (χ4n) is 0.679. The van der Waals surface area contributed by atoms with Crippen LogP contribution in [0.5, 0.6) is 0 Å². The molecule has 0 saturated carbocycles. The normalized spacial score (nSPS) is 16.0. The molecule has 1 heterocycles. The van der Waals surface area contributed by atoms with Gasteiger partial charge in [-0.3, -0.25) is 0 Å². The van der Waals surface area contributed by atoms with Gasteiger partial charge in [-0.25, -0.2) is 0 Å². The number of methoxy groups -OCH3 is 1. The Bertz CT molecular complexity index is 249. The quantitative estimate of drug-likeness (QED) is 0.685. The Hall–Kier alpha value is -0.610. The lowest BCUT2D eigenvalue weighted by Crippen LogP contribution is -1.98. The number of halogens is 1. The molecule has 0 unspecified atom stereocenters. The van der Waals surface area contributed by atoms with Gasteiger partial charge in [0.15, 0.2) is 5.82 Å². The first-order chi connectivity index (χ1) is 5.65. The second-order valence-corrected chi connectivity index (χ2v) is 3.14. The molecule has 0 aliphatic rings. The van der Waals surface area contributed by atoms with E-state index in [-0.39, 0.29) is 11.5 Å². The SMILES string of the molecule is CO[C@H](C)c1noc([C@@H](C)Cl)n1. The van der Waals surface area contributed by atoms with E-state index in [1.54, 1.807) is 14.0 Å². The summed E-state index contributed by atoms with van der Waals surface area (Å²) in [7, 11) is 1.59. The maximum atomic E-state index is 5.73. The molecule has 4 nitrogen and oxygen atoms in total. The van der Waals surface area contributed by atoms with Crippen LogP contribution in [-0.2, 0) is 4.74 Å². The first-order valence-electron chi connectivity index (χ1n) is 3.65. The molecule has 0 spiro atoms. The van der Waals surface area contributed by atoms with Crippen LogP contribution >= 0.6 is 11.6 Å². The molecule has 0 fully saturated rings. The van der Waals surface area contributed by atoms with Gasteiger partial charge in [0.25, 0.3) is 0 Å². The van der Waals surface area contributed by atoms with Crippen LogP contribution < -0.4 is 0 Å². The predicted octanol–water partition coefficient (Wildman–Crippen LogP) is 2.08. The lowest BCUT2D eigenvalue weighted by molar-refractivity contribution is 0.109. The highest BCUT2D eigenvalue weighted by molar-refractivity contribution is 6.20. The van der Waals surface area contributed by atoms with Gasteiger partial charge in [-0.1, -0.05) is 5.16 Å². The smallest absolute Gasteiger partial charge is 0.244 e. The Morgan fingerprint density at radius 1 is 1.50 bits per heavy atom. The zero-order valence-corrected chi connectivity index (χ0v) is 8.00. The summed E-state index contributed by atoms with van der Waals surface area (Å²) in [6.07, 6.45) is -0.155. The minimum Gasteiger partial charge on any atom is -0.374 e. The zero-order valence-electron chi connectivity index (χ0n) is 7.24. The van der Waals surface area contributed by atoms with Crippen LogP contribution in [0.3, 0.4) is 0 Å². The molecule has 68 valence electrons. The van der Waals surface area contributed by atoms with Crippen LogP contribution in [0.2, 0.25) is 0 Å². The first kappa shape index (κ1) is 9.48. The van der Waals surface area contributed by atoms with Gasteiger partial charge >= 0.3 is 0 Å². The van der Waals surface area contributed by atoms with Gasteiger partial charge in [-0.05, 0) is 13.8 Å². The maximum absolute atomic E-state index is 5.73. The zero-order chi connectivity index (χ0) is 9.14. The number of ether oxygens (including phenoxy) is 1. The average molecular weight is 191 g/mol. The van der Waals surface area contributed by atoms with Crippen LogP contribution in [-0.4, -0.2) is 17.3 Å². The van der Waals surface area contributed by atoms with Crippen molar-refractivity contribution in [2.45, 2.75) is 25.3 Å². The molecule has 1 aromatic heterocycles. The Balaban J connectivity index is 2.77. The van der Waals surface area contributed by atoms with E-state index in [2.05, 4.69) is 10.1 Å². The van der Waals surface area contributed by atoms with Crippen molar-refractivity contribution in [1.29, 1.82) is 0 Å². The van der Waals surface area contributed by atoms with Gasteiger partial charge < -0.3 is 9.26 Å². The largest absolute Gasteiger partial charge is 0.374 e. The van der Waals surface area contributed by atoms with Gasteiger partial charge in [0.1, 0.15) is 11.5 Å². The standard InChI is InChI=1S/C7H11ClN2O2/c1-4(8)7-9-6(10-12-7)5(2)11-3/h4-5H,1-3H3/t4-,5-/m1/s1. The van der Waals surface area contributed by atoms with E-state index in [9.17, 15) is 0 Å². The fraction of sp³-hybridized carbons (Fsp3) is 0.714. The van der Waals surface area contributed by atoms with E-state index in [4.69, 9.17) is 20.9 Å². The second kappa shape index (κ2) is 3.87. The van der Waals surface area contributed by atoms with Crippen molar-refractivity contribution in [1.82, 2.24) is 10.1 Å². The van der Waals surface area contributed by atoms with Crippen LogP contribution in [0.25, 0.3) is 0 Å². The Kier molecular flexibility index (Phi) is 3.05. The minimum absolute atomic E-state index is 0.155. The van der Waals surface area contributed by atoms with Crippen molar-refractivity contribution >= 4 is 11.6 Å². The number of aromatic nitrogens is 2. The van der Waals surface area contributed by atoms with Crippen molar-refractivity contribution in [3.63, 3.8) is 0 Å². The third-order valence-electron chi connectivity index (χ3n) is 1.51. The molecular formula is C7H11ClN2O2. The molecule has 1 aromatic rings. The van der Waals surface area contributed by atoms with Gasteiger partial charge in [0.05, 0.1) is 0 Å². The number of rotatable bonds is 3. The summed E-state index contributed by atoms with van der Waals surface area (Å²) in [6, 6.07) is 0. The maximum Gasteiger partial charge on any atom is 0.244 e. The van der Waals surface area contributed by atoms with Crippen molar-refractivity contribution in [3.05, 3.63) is 11.7 Å². The van der Waals surface area contributed by atoms with Crippen molar-refractivity contribution in [3.8, 4) is 0 Å². The molecule has 0 amide bonds. The molecule has 0 aliphatic heterocycles.